The quantitative estimate of drug-likeness (QED) is 0.793. The molecule has 0 radical (unpaired) electrons. The van der Waals surface area contributed by atoms with E-state index >= 15 is 0 Å². The van der Waals surface area contributed by atoms with Crippen molar-refractivity contribution in [2.75, 3.05) is 14.2 Å². The Hall–Kier alpha value is -2.17. The number of aromatic nitrogens is 1. The molecule has 0 N–H and O–H groups in total. The predicted octanol–water partition coefficient (Wildman–Crippen LogP) is 2.48. The average Bonchev–Trinajstić information content (AvgIpc) is 2.81. The molecule has 2 aromatic rings. The minimum Gasteiger partial charge on any atom is -0.493 e. The van der Waals surface area contributed by atoms with Crippen molar-refractivity contribution in [2.45, 2.75) is 0 Å². The lowest BCUT2D eigenvalue weighted by atomic mass is 10.3. The third-order valence-corrected chi connectivity index (χ3v) is 1.99. The zero-order valence-corrected chi connectivity index (χ0v) is 8.97. The highest BCUT2D eigenvalue weighted by molar-refractivity contribution is 5.46. The number of oxazole rings is 1. The van der Waals surface area contributed by atoms with Gasteiger partial charge in [-0.2, -0.15) is 4.98 Å². The van der Waals surface area contributed by atoms with Gasteiger partial charge in [0, 0.05) is 6.07 Å². The van der Waals surface area contributed by atoms with Crippen molar-refractivity contribution >= 4 is 0 Å². The van der Waals surface area contributed by atoms with E-state index in [1.807, 2.05) is 0 Å². The topological polar surface area (TPSA) is 53.7 Å². The Morgan fingerprint density at radius 1 is 1.12 bits per heavy atom. The van der Waals surface area contributed by atoms with Gasteiger partial charge in [0.2, 0.25) is 0 Å². The molecular weight excluding hydrogens is 210 g/mol. The van der Waals surface area contributed by atoms with Gasteiger partial charge in [0.25, 0.3) is 5.88 Å². The molecule has 5 nitrogen and oxygen atoms in total. The van der Waals surface area contributed by atoms with Crippen molar-refractivity contribution in [2.24, 2.45) is 0 Å². The van der Waals surface area contributed by atoms with E-state index in [4.69, 9.17) is 18.6 Å². The highest BCUT2D eigenvalue weighted by atomic mass is 16.5. The van der Waals surface area contributed by atoms with Crippen molar-refractivity contribution in [1.29, 1.82) is 0 Å². The number of methoxy groups -OCH3 is 2. The molecule has 0 atom stereocenters. The van der Waals surface area contributed by atoms with Gasteiger partial charge in [-0.15, -0.1) is 0 Å². The molecule has 1 heterocycles. The molecule has 0 fully saturated rings. The normalized spacial score (nSPS) is 9.88. The number of ether oxygens (including phenoxy) is 3. The third kappa shape index (κ3) is 2.08. The second kappa shape index (κ2) is 4.57. The van der Waals surface area contributed by atoms with Gasteiger partial charge in [0.15, 0.2) is 24.2 Å². The van der Waals surface area contributed by atoms with Crippen LogP contribution < -0.4 is 14.2 Å². The van der Waals surface area contributed by atoms with Gasteiger partial charge in [-0.25, -0.2) is 0 Å². The standard InChI is InChI=1S/C11H11NO4/c1-13-9-4-3-8(5-10(9)14-2)16-11-6-15-7-12-11/h3-7H,1-2H3. The summed E-state index contributed by atoms with van der Waals surface area (Å²) in [6.07, 6.45) is 2.72. The zero-order chi connectivity index (χ0) is 11.4. The lowest BCUT2D eigenvalue weighted by Crippen LogP contribution is -1.91. The number of nitrogens with zero attached hydrogens (tertiary/aromatic N) is 1. The van der Waals surface area contributed by atoms with Crippen LogP contribution in [0.3, 0.4) is 0 Å². The first-order valence-electron chi connectivity index (χ1n) is 4.61. The van der Waals surface area contributed by atoms with Crippen LogP contribution in [0.4, 0.5) is 0 Å². The minimum absolute atomic E-state index is 0.396. The summed E-state index contributed by atoms with van der Waals surface area (Å²) >= 11 is 0. The van der Waals surface area contributed by atoms with Gasteiger partial charge >= 0.3 is 0 Å². The van der Waals surface area contributed by atoms with Crippen LogP contribution in [-0.4, -0.2) is 19.2 Å². The highest BCUT2D eigenvalue weighted by Gasteiger charge is 2.06. The van der Waals surface area contributed by atoms with Gasteiger partial charge in [-0.3, -0.25) is 0 Å². The Balaban J connectivity index is 2.22. The fourth-order valence-corrected chi connectivity index (χ4v) is 1.25. The molecule has 0 aliphatic heterocycles. The first-order valence-corrected chi connectivity index (χ1v) is 4.61. The Morgan fingerprint density at radius 2 is 1.94 bits per heavy atom. The monoisotopic (exact) mass is 221 g/mol. The lowest BCUT2D eigenvalue weighted by Gasteiger charge is -2.08. The maximum Gasteiger partial charge on any atom is 0.258 e. The first kappa shape index (κ1) is 10.4. The Morgan fingerprint density at radius 3 is 2.56 bits per heavy atom. The van der Waals surface area contributed by atoms with Gasteiger partial charge in [-0.05, 0) is 12.1 Å². The van der Waals surface area contributed by atoms with Gasteiger partial charge < -0.3 is 18.6 Å². The van der Waals surface area contributed by atoms with E-state index in [1.165, 1.54) is 12.7 Å². The van der Waals surface area contributed by atoms with E-state index in [0.717, 1.165) is 0 Å². The summed E-state index contributed by atoms with van der Waals surface area (Å²) in [5, 5.41) is 0. The van der Waals surface area contributed by atoms with Crippen LogP contribution in [0.1, 0.15) is 0 Å². The van der Waals surface area contributed by atoms with E-state index in [9.17, 15) is 0 Å². The van der Waals surface area contributed by atoms with Crippen LogP contribution in [0.25, 0.3) is 0 Å². The number of rotatable bonds is 4. The zero-order valence-electron chi connectivity index (χ0n) is 8.97. The largest absolute Gasteiger partial charge is 0.493 e. The Kier molecular flexibility index (Phi) is 2.95. The maximum atomic E-state index is 5.42. The van der Waals surface area contributed by atoms with E-state index in [0.29, 0.717) is 23.1 Å². The molecule has 84 valence electrons. The van der Waals surface area contributed by atoms with Crippen LogP contribution in [-0.2, 0) is 0 Å². The Labute approximate surface area is 92.6 Å². The van der Waals surface area contributed by atoms with Crippen LogP contribution in [0.15, 0.2) is 35.3 Å². The Bertz CT molecular complexity index is 453. The first-order chi connectivity index (χ1) is 7.83. The molecule has 0 spiro atoms. The predicted molar refractivity (Wildman–Crippen MR) is 56.1 cm³/mol. The van der Waals surface area contributed by atoms with Crippen LogP contribution in [0.2, 0.25) is 0 Å². The summed E-state index contributed by atoms with van der Waals surface area (Å²) in [5.41, 5.74) is 0. The van der Waals surface area contributed by atoms with Crippen molar-refractivity contribution in [3.63, 3.8) is 0 Å². The number of hydrogen-bond acceptors (Lipinski definition) is 5. The summed E-state index contributed by atoms with van der Waals surface area (Å²) < 4.78 is 20.5. The van der Waals surface area contributed by atoms with E-state index < -0.39 is 0 Å². The van der Waals surface area contributed by atoms with E-state index in [-0.39, 0.29) is 0 Å². The maximum absolute atomic E-state index is 5.42. The number of hydrogen-bond donors (Lipinski definition) is 0. The molecular formula is C11H11NO4. The minimum atomic E-state index is 0.396. The van der Waals surface area contributed by atoms with Gasteiger partial charge in [0.1, 0.15) is 5.75 Å². The third-order valence-electron chi connectivity index (χ3n) is 1.99. The van der Waals surface area contributed by atoms with E-state index in [1.54, 1.807) is 32.4 Å². The SMILES string of the molecule is COc1ccc(Oc2cocn2)cc1OC. The molecule has 0 aliphatic rings. The van der Waals surface area contributed by atoms with Crippen LogP contribution >= 0.6 is 0 Å². The van der Waals surface area contributed by atoms with Crippen molar-refractivity contribution in [1.82, 2.24) is 4.98 Å². The fraction of sp³-hybridized carbons (Fsp3) is 0.182. The molecule has 0 aliphatic carbocycles. The second-order valence-corrected chi connectivity index (χ2v) is 2.95. The van der Waals surface area contributed by atoms with Gasteiger partial charge in [0.05, 0.1) is 14.2 Å². The molecule has 0 bridgehead atoms. The molecule has 2 rings (SSSR count). The molecule has 0 saturated carbocycles. The number of benzene rings is 1. The molecule has 0 saturated heterocycles. The average molecular weight is 221 g/mol. The summed E-state index contributed by atoms with van der Waals surface area (Å²) in [7, 11) is 3.15. The van der Waals surface area contributed by atoms with Gasteiger partial charge in [-0.1, -0.05) is 0 Å². The lowest BCUT2D eigenvalue weighted by molar-refractivity contribution is 0.351. The highest BCUT2D eigenvalue weighted by Crippen LogP contribution is 2.32. The summed E-state index contributed by atoms with van der Waals surface area (Å²) in [6, 6.07) is 5.23. The van der Waals surface area contributed by atoms with E-state index in [2.05, 4.69) is 4.98 Å². The van der Waals surface area contributed by atoms with Crippen LogP contribution in [0.5, 0.6) is 23.1 Å². The molecule has 0 unspecified atom stereocenters. The molecule has 16 heavy (non-hydrogen) atoms. The molecule has 5 heteroatoms. The molecule has 1 aromatic heterocycles. The fourth-order valence-electron chi connectivity index (χ4n) is 1.25. The van der Waals surface area contributed by atoms with Crippen LogP contribution in [0, 0.1) is 0 Å². The van der Waals surface area contributed by atoms with Crippen molar-refractivity contribution in [3.8, 4) is 23.1 Å². The summed E-state index contributed by atoms with van der Waals surface area (Å²) in [4.78, 5) is 3.85. The summed E-state index contributed by atoms with van der Waals surface area (Å²) in [6.45, 7) is 0. The van der Waals surface area contributed by atoms with Crippen molar-refractivity contribution < 1.29 is 18.6 Å². The molecule has 1 aromatic carbocycles. The smallest absolute Gasteiger partial charge is 0.258 e. The second-order valence-electron chi connectivity index (χ2n) is 2.95. The van der Waals surface area contributed by atoms with Crippen molar-refractivity contribution in [3.05, 3.63) is 30.9 Å². The summed E-state index contributed by atoms with van der Waals surface area (Å²) in [5.74, 6) is 2.25. The molecule has 0 amide bonds.